The van der Waals surface area contributed by atoms with Gasteiger partial charge in [-0.1, -0.05) is 36.8 Å². The van der Waals surface area contributed by atoms with Crippen molar-refractivity contribution in [3.63, 3.8) is 0 Å². The van der Waals surface area contributed by atoms with Crippen molar-refractivity contribution < 1.29 is 4.79 Å². The Hall–Kier alpha value is -1.59. The lowest BCUT2D eigenvalue weighted by Gasteiger charge is -2.35. The van der Waals surface area contributed by atoms with E-state index in [-0.39, 0.29) is 6.03 Å². The second-order valence-corrected chi connectivity index (χ2v) is 7.49. The molecule has 5 nitrogen and oxygen atoms in total. The van der Waals surface area contributed by atoms with Gasteiger partial charge in [0.25, 0.3) is 0 Å². The number of carbonyl (C=O) groups is 1. The number of likely N-dealkylation sites (tertiary alicyclic amines) is 1. The normalized spacial score (nSPS) is 22.3. The van der Waals surface area contributed by atoms with Crippen molar-refractivity contribution in [2.75, 3.05) is 45.8 Å². The van der Waals surface area contributed by atoms with Crippen molar-refractivity contribution in [2.45, 2.75) is 39.3 Å². The zero-order valence-corrected chi connectivity index (χ0v) is 15.7. The van der Waals surface area contributed by atoms with Crippen LogP contribution in [0.1, 0.15) is 30.9 Å². The van der Waals surface area contributed by atoms with E-state index in [1.165, 1.54) is 17.5 Å². The Morgan fingerprint density at radius 1 is 1.16 bits per heavy atom. The number of hydrogen-bond donors (Lipinski definition) is 1. The van der Waals surface area contributed by atoms with Gasteiger partial charge >= 0.3 is 6.03 Å². The zero-order valence-electron chi connectivity index (χ0n) is 15.7. The number of piperazine rings is 1. The first-order valence-corrected chi connectivity index (χ1v) is 9.69. The fourth-order valence-electron chi connectivity index (χ4n) is 3.91. The average molecular weight is 345 g/mol. The van der Waals surface area contributed by atoms with Crippen LogP contribution in [0.3, 0.4) is 0 Å². The SMILES string of the molecule is CCCN1CCC(NC(=O)N2CCN(Cc3cccc(C)c3)CC2)C1. The molecule has 2 saturated heterocycles. The maximum Gasteiger partial charge on any atom is 0.317 e. The second kappa shape index (κ2) is 8.68. The maximum atomic E-state index is 12.5. The molecule has 1 aromatic carbocycles. The molecule has 1 N–H and O–H groups in total. The number of rotatable bonds is 5. The van der Waals surface area contributed by atoms with Gasteiger partial charge in [0.05, 0.1) is 0 Å². The molecular weight excluding hydrogens is 312 g/mol. The lowest BCUT2D eigenvalue weighted by Crippen LogP contribution is -2.53. The molecule has 25 heavy (non-hydrogen) atoms. The van der Waals surface area contributed by atoms with Crippen molar-refractivity contribution in [1.29, 1.82) is 0 Å². The Morgan fingerprint density at radius 3 is 2.68 bits per heavy atom. The minimum absolute atomic E-state index is 0.124. The summed E-state index contributed by atoms with van der Waals surface area (Å²) in [4.78, 5) is 19.4. The third kappa shape index (κ3) is 5.19. The van der Waals surface area contributed by atoms with Crippen LogP contribution in [0.15, 0.2) is 24.3 Å². The second-order valence-electron chi connectivity index (χ2n) is 7.49. The molecule has 2 aliphatic rings. The van der Waals surface area contributed by atoms with Crippen LogP contribution in [-0.4, -0.2) is 72.6 Å². The molecule has 1 atom stereocenters. The molecule has 0 spiro atoms. The summed E-state index contributed by atoms with van der Waals surface area (Å²) in [7, 11) is 0. The standard InChI is InChI=1S/C20H32N4O/c1-3-8-22-9-7-19(16-22)21-20(25)24-12-10-23(11-13-24)15-18-6-4-5-17(2)14-18/h4-6,14,19H,3,7-13,15-16H2,1-2H3,(H,21,25). The smallest absolute Gasteiger partial charge is 0.317 e. The summed E-state index contributed by atoms with van der Waals surface area (Å²) < 4.78 is 0. The van der Waals surface area contributed by atoms with Crippen LogP contribution >= 0.6 is 0 Å². The van der Waals surface area contributed by atoms with E-state index in [0.29, 0.717) is 6.04 Å². The Kier molecular flexibility index (Phi) is 6.32. The van der Waals surface area contributed by atoms with Crippen molar-refractivity contribution >= 4 is 6.03 Å². The highest BCUT2D eigenvalue weighted by atomic mass is 16.2. The lowest BCUT2D eigenvalue weighted by atomic mass is 10.1. The molecular formula is C20H32N4O. The van der Waals surface area contributed by atoms with Gasteiger partial charge in [0.2, 0.25) is 0 Å². The van der Waals surface area contributed by atoms with Gasteiger partial charge < -0.3 is 15.1 Å². The zero-order chi connectivity index (χ0) is 17.6. The van der Waals surface area contributed by atoms with E-state index in [4.69, 9.17) is 0 Å². The van der Waals surface area contributed by atoms with E-state index < -0.39 is 0 Å². The molecule has 2 heterocycles. The van der Waals surface area contributed by atoms with Crippen LogP contribution in [0.5, 0.6) is 0 Å². The van der Waals surface area contributed by atoms with E-state index in [0.717, 1.165) is 58.8 Å². The highest BCUT2D eigenvalue weighted by Crippen LogP contribution is 2.12. The summed E-state index contributed by atoms with van der Waals surface area (Å²) in [5.74, 6) is 0. The van der Waals surface area contributed by atoms with Gasteiger partial charge in [0.1, 0.15) is 0 Å². The summed E-state index contributed by atoms with van der Waals surface area (Å²) in [5, 5.41) is 3.24. The number of nitrogens with zero attached hydrogens (tertiary/aromatic N) is 3. The number of benzene rings is 1. The van der Waals surface area contributed by atoms with Crippen molar-refractivity contribution in [3.05, 3.63) is 35.4 Å². The number of aryl methyl sites for hydroxylation is 1. The molecule has 0 aromatic heterocycles. The molecule has 5 heteroatoms. The first-order chi connectivity index (χ1) is 12.1. The first kappa shape index (κ1) is 18.2. The predicted octanol–water partition coefficient (Wildman–Crippen LogP) is 2.31. The minimum atomic E-state index is 0.124. The van der Waals surface area contributed by atoms with Gasteiger partial charge in [0, 0.05) is 51.9 Å². The van der Waals surface area contributed by atoms with Crippen LogP contribution in [0.4, 0.5) is 4.79 Å². The number of nitrogens with one attached hydrogen (secondary N) is 1. The van der Waals surface area contributed by atoms with Crippen molar-refractivity contribution in [3.8, 4) is 0 Å². The predicted molar refractivity (Wildman–Crippen MR) is 102 cm³/mol. The summed E-state index contributed by atoms with van der Waals surface area (Å²) in [6.45, 7) is 12.1. The van der Waals surface area contributed by atoms with Gasteiger partial charge in [-0.15, -0.1) is 0 Å². The molecule has 0 radical (unpaired) electrons. The van der Waals surface area contributed by atoms with Gasteiger partial charge in [-0.05, 0) is 31.9 Å². The highest BCUT2D eigenvalue weighted by Gasteiger charge is 2.26. The van der Waals surface area contributed by atoms with E-state index in [1.807, 2.05) is 4.90 Å². The molecule has 2 amide bonds. The molecule has 1 unspecified atom stereocenters. The number of amides is 2. The van der Waals surface area contributed by atoms with Crippen LogP contribution in [0.2, 0.25) is 0 Å². The van der Waals surface area contributed by atoms with Gasteiger partial charge in [-0.25, -0.2) is 4.79 Å². The summed E-state index contributed by atoms with van der Waals surface area (Å²) in [5.41, 5.74) is 2.67. The Labute approximate surface area is 152 Å². The molecule has 2 aliphatic heterocycles. The first-order valence-electron chi connectivity index (χ1n) is 9.69. The van der Waals surface area contributed by atoms with Crippen LogP contribution in [-0.2, 0) is 6.54 Å². The lowest BCUT2D eigenvalue weighted by molar-refractivity contribution is 0.133. The third-order valence-corrected chi connectivity index (χ3v) is 5.29. The summed E-state index contributed by atoms with van der Waals surface area (Å²) in [6, 6.07) is 9.15. The Balaban J connectivity index is 1.40. The number of urea groups is 1. The Morgan fingerprint density at radius 2 is 1.96 bits per heavy atom. The van der Waals surface area contributed by atoms with Gasteiger partial charge in [-0.3, -0.25) is 4.90 Å². The topological polar surface area (TPSA) is 38.8 Å². The van der Waals surface area contributed by atoms with E-state index >= 15 is 0 Å². The number of hydrogen-bond acceptors (Lipinski definition) is 3. The molecule has 1 aromatic rings. The molecule has 3 rings (SSSR count). The van der Waals surface area contributed by atoms with Crippen LogP contribution in [0.25, 0.3) is 0 Å². The van der Waals surface area contributed by atoms with E-state index in [1.54, 1.807) is 0 Å². The highest BCUT2D eigenvalue weighted by molar-refractivity contribution is 5.74. The number of carbonyl (C=O) groups excluding carboxylic acids is 1. The minimum Gasteiger partial charge on any atom is -0.334 e. The molecule has 138 valence electrons. The van der Waals surface area contributed by atoms with Crippen LogP contribution in [0, 0.1) is 6.92 Å². The largest absolute Gasteiger partial charge is 0.334 e. The summed E-state index contributed by atoms with van der Waals surface area (Å²) >= 11 is 0. The maximum absolute atomic E-state index is 12.5. The van der Waals surface area contributed by atoms with E-state index in [2.05, 4.69) is 53.2 Å². The molecule has 0 saturated carbocycles. The van der Waals surface area contributed by atoms with Crippen molar-refractivity contribution in [1.82, 2.24) is 20.0 Å². The van der Waals surface area contributed by atoms with E-state index in [9.17, 15) is 4.79 Å². The molecule has 0 aliphatic carbocycles. The third-order valence-electron chi connectivity index (χ3n) is 5.29. The van der Waals surface area contributed by atoms with Crippen LogP contribution < -0.4 is 5.32 Å². The van der Waals surface area contributed by atoms with Crippen molar-refractivity contribution in [2.24, 2.45) is 0 Å². The average Bonchev–Trinajstić information content (AvgIpc) is 3.03. The molecule has 2 fully saturated rings. The molecule has 0 bridgehead atoms. The summed E-state index contributed by atoms with van der Waals surface area (Å²) in [6.07, 6.45) is 2.27. The fraction of sp³-hybridized carbons (Fsp3) is 0.650. The monoisotopic (exact) mass is 344 g/mol. The fourth-order valence-corrected chi connectivity index (χ4v) is 3.91. The van der Waals surface area contributed by atoms with Gasteiger partial charge in [0.15, 0.2) is 0 Å². The Bertz CT molecular complexity index is 569. The quantitative estimate of drug-likeness (QED) is 0.891. The van der Waals surface area contributed by atoms with Gasteiger partial charge in [-0.2, -0.15) is 0 Å².